The molecule has 0 spiro atoms. The van der Waals surface area contributed by atoms with Crippen molar-refractivity contribution in [1.29, 1.82) is 5.26 Å². The Morgan fingerprint density at radius 3 is 2.56 bits per heavy atom. The molecule has 2 heterocycles. The molecule has 2 amide bonds. The molecule has 39 heavy (non-hydrogen) atoms. The summed E-state index contributed by atoms with van der Waals surface area (Å²) in [7, 11) is 0. The van der Waals surface area contributed by atoms with Gasteiger partial charge in [0.1, 0.15) is 6.07 Å². The average molecular weight is 548 g/mol. The van der Waals surface area contributed by atoms with Crippen LogP contribution in [0.1, 0.15) is 54.9 Å². The van der Waals surface area contributed by atoms with Crippen LogP contribution >= 0.6 is 11.6 Å². The Hall–Kier alpha value is -3.90. The van der Waals surface area contributed by atoms with Crippen LogP contribution < -0.4 is 16.6 Å². The van der Waals surface area contributed by atoms with Crippen LogP contribution in [0, 0.1) is 23.2 Å². The Balaban J connectivity index is 1.29. The molecule has 5 rings (SSSR count). The summed E-state index contributed by atoms with van der Waals surface area (Å²) in [5.41, 5.74) is 1.18. The van der Waals surface area contributed by atoms with Gasteiger partial charge >= 0.3 is 11.7 Å². The van der Waals surface area contributed by atoms with Crippen LogP contribution in [-0.2, 0) is 13.1 Å². The van der Waals surface area contributed by atoms with Gasteiger partial charge < -0.3 is 10.2 Å². The van der Waals surface area contributed by atoms with E-state index in [0.29, 0.717) is 59.8 Å². The number of carbonyl (C=O) groups excluding carboxylic acids is 2. The Morgan fingerprint density at radius 2 is 1.87 bits per heavy atom. The van der Waals surface area contributed by atoms with E-state index in [1.165, 1.54) is 10.6 Å². The SMILES string of the molecule is CCn1c(=O)n(CC2CC2)c(=O)c2cc(NC(=O)N3CCCC(CC(=O)c4ccc(C#N)c(Cl)c4)C3)ccc21. The van der Waals surface area contributed by atoms with Crippen molar-refractivity contribution in [3.63, 3.8) is 0 Å². The lowest BCUT2D eigenvalue weighted by Crippen LogP contribution is -2.43. The molecule has 1 saturated carbocycles. The molecular weight excluding hydrogens is 518 g/mol. The maximum Gasteiger partial charge on any atom is 0.331 e. The second kappa shape index (κ2) is 11.1. The summed E-state index contributed by atoms with van der Waals surface area (Å²) in [4.78, 5) is 53.8. The molecule has 2 fully saturated rings. The number of hydrogen-bond acceptors (Lipinski definition) is 5. The Bertz CT molecular complexity index is 1610. The number of rotatable bonds is 7. The number of hydrogen-bond donors (Lipinski definition) is 1. The van der Waals surface area contributed by atoms with Gasteiger partial charge in [0.25, 0.3) is 5.56 Å². The molecule has 1 unspecified atom stereocenters. The van der Waals surface area contributed by atoms with E-state index in [4.69, 9.17) is 16.9 Å². The minimum atomic E-state index is -0.331. The van der Waals surface area contributed by atoms with Gasteiger partial charge in [-0.1, -0.05) is 11.6 Å². The summed E-state index contributed by atoms with van der Waals surface area (Å²) in [5.74, 6) is 0.290. The number of ketones is 1. The Kier molecular flexibility index (Phi) is 7.58. The highest BCUT2D eigenvalue weighted by Crippen LogP contribution is 2.30. The van der Waals surface area contributed by atoms with Crippen LogP contribution in [0.5, 0.6) is 0 Å². The highest BCUT2D eigenvalue weighted by atomic mass is 35.5. The number of anilines is 1. The minimum Gasteiger partial charge on any atom is -0.324 e. The number of aromatic nitrogens is 2. The van der Waals surface area contributed by atoms with E-state index in [1.54, 1.807) is 39.8 Å². The molecule has 2 aliphatic rings. The zero-order valence-corrected chi connectivity index (χ0v) is 22.5. The van der Waals surface area contributed by atoms with E-state index in [-0.39, 0.29) is 40.4 Å². The predicted molar refractivity (Wildman–Crippen MR) is 149 cm³/mol. The first-order valence-electron chi connectivity index (χ1n) is 13.3. The number of fused-ring (bicyclic) bond motifs is 1. The summed E-state index contributed by atoms with van der Waals surface area (Å²) < 4.78 is 2.92. The quantitative estimate of drug-likeness (QED) is 0.433. The van der Waals surface area contributed by atoms with Gasteiger partial charge in [0.05, 0.1) is 21.5 Å². The minimum absolute atomic E-state index is 0.00311. The number of aryl methyl sites for hydroxylation is 1. The fourth-order valence-electron chi connectivity index (χ4n) is 5.30. The van der Waals surface area contributed by atoms with E-state index < -0.39 is 0 Å². The largest absolute Gasteiger partial charge is 0.331 e. The molecule has 0 bridgehead atoms. The van der Waals surface area contributed by atoms with Crippen molar-refractivity contribution in [3.8, 4) is 6.07 Å². The molecule has 10 heteroatoms. The molecule has 202 valence electrons. The summed E-state index contributed by atoms with van der Waals surface area (Å²) >= 11 is 6.09. The van der Waals surface area contributed by atoms with Crippen molar-refractivity contribution in [1.82, 2.24) is 14.0 Å². The number of carbonyl (C=O) groups is 2. The highest BCUT2D eigenvalue weighted by molar-refractivity contribution is 6.32. The van der Waals surface area contributed by atoms with Crippen LogP contribution in [-0.4, -0.2) is 38.9 Å². The van der Waals surface area contributed by atoms with E-state index in [0.717, 1.165) is 25.7 Å². The lowest BCUT2D eigenvalue weighted by molar-refractivity contribution is 0.0931. The van der Waals surface area contributed by atoms with E-state index >= 15 is 0 Å². The first-order valence-corrected chi connectivity index (χ1v) is 13.7. The average Bonchev–Trinajstić information content (AvgIpc) is 3.76. The van der Waals surface area contributed by atoms with E-state index in [2.05, 4.69) is 5.32 Å². The predicted octanol–water partition coefficient (Wildman–Crippen LogP) is 4.64. The summed E-state index contributed by atoms with van der Waals surface area (Å²) in [5, 5.41) is 12.6. The number of nitrogens with zero attached hydrogens (tertiary/aromatic N) is 4. The normalized spacial score (nSPS) is 17.2. The molecule has 1 aliphatic carbocycles. The maximum atomic E-state index is 13.2. The van der Waals surface area contributed by atoms with Crippen LogP contribution in [0.3, 0.4) is 0 Å². The van der Waals surface area contributed by atoms with Crippen LogP contribution in [0.15, 0.2) is 46.0 Å². The van der Waals surface area contributed by atoms with Gasteiger partial charge in [-0.2, -0.15) is 5.26 Å². The standard InChI is InChI=1S/C29H30ClN5O4/c1-2-34-25-10-9-22(14-23(25)27(37)35(29(34)39)17-18-5-6-18)32-28(38)33-11-3-4-19(16-33)12-26(36)20-7-8-21(15-31)24(30)13-20/h7-10,13-14,18-19H,2-6,11-12,16-17H2,1H3,(H,32,38). The number of benzene rings is 2. The third-order valence-electron chi connectivity index (χ3n) is 7.62. The zero-order valence-electron chi connectivity index (χ0n) is 21.8. The molecular formula is C29H30ClN5O4. The molecule has 3 aromatic rings. The number of piperidine rings is 1. The maximum absolute atomic E-state index is 13.2. The lowest BCUT2D eigenvalue weighted by atomic mass is 9.91. The second-order valence-electron chi connectivity index (χ2n) is 10.4. The van der Waals surface area contributed by atoms with Gasteiger partial charge in [-0.25, -0.2) is 9.59 Å². The van der Waals surface area contributed by atoms with Gasteiger partial charge in [-0.15, -0.1) is 0 Å². The van der Waals surface area contributed by atoms with Crippen LogP contribution in [0.4, 0.5) is 10.5 Å². The number of nitriles is 1. The van der Waals surface area contributed by atoms with Gasteiger partial charge in [0.2, 0.25) is 0 Å². The molecule has 1 N–H and O–H groups in total. The van der Waals surface area contributed by atoms with Crippen molar-refractivity contribution in [2.45, 2.75) is 52.1 Å². The first kappa shape index (κ1) is 26.7. The van der Waals surface area contributed by atoms with Gasteiger partial charge in [-0.05, 0) is 80.8 Å². The summed E-state index contributed by atoms with van der Waals surface area (Å²) in [6.07, 6.45) is 3.92. The van der Waals surface area contributed by atoms with Crippen molar-refractivity contribution in [2.75, 3.05) is 18.4 Å². The third-order valence-corrected chi connectivity index (χ3v) is 7.93. The van der Waals surface area contributed by atoms with E-state index in [1.807, 2.05) is 13.0 Å². The van der Waals surface area contributed by atoms with Crippen LogP contribution in [0.25, 0.3) is 10.9 Å². The number of urea groups is 1. The molecule has 9 nitrogen and oxygen atoms in total. The second-order valence-corrected chi connectivity index (χ2v) is 10.8. The van der Waals surface area contributed by atoms with Crippen molar-refractivity contribution in [3.05, 3.63) is 73.4 Å². The van der Waals surface area contributed by atoms with Crippen molar-refractivity contribution < 1.29 is 9.59 Å². The van der Waals surface area contributed by atoms with Crippen LogP contribution in [0.2, 0.25) is 5.02 Å². The highest BCUT2D eigenvalue weighted by Gasteiger charge is 2.27. The zero-order chi connectivity index (χ0) is 27.7. The Labute approximate surface area is 230 Å². The Morgan fingerprint density at radius 1 is 1.08 bits per heavy atom. The fourth-order valence-corrected chi connectivity index (χ4v) is 5.53. The molecule has 1 aliphatic heterocycles. The molecule has 1 atom stereocenters. The number of likely N-dealkylation sites (tertiary alicyclic amines) is 1. The van der Waals surface area contributed by atoms with Gasteiger partial charge in [-0.3, -0.25) is 18.7 Å². The summed E-state index contributed by atoms with van der Waals surface area (Å²) in [6, 6.07) is 11.4. The third kappa shape index (κ3) is 5.62. The smallest absolute Gasteiger partial charge is 0.324 e. The van der Waals surface area contributed by atoms with E-state index in [9.17, 15) is 19.2 Å². The number of halogens is 1. The number of Topliss-reactive ketones (excluding diaryl/α,β-unsaturated/α-hetero) is 1. The monoisotopic (exact) mass is 547 g/mol. The lowest BCUT2D eigenvalue weighted by Gasteiger charge is -2.32. The number of nitrogens with one attached hydrogen (secondary N) is 1. The number of amides is 2. The molecule has 1 saturated heterocycles. The molecule has 0 radical (unpaired) electrons. The fraction of sp³-hybridized carbons (Fsp3) is 0.414. The van der Waals surface area contributed by atoms with Crippen molar-refractivity contribution in [2.24, 2.45) is 11.8 Å². The topological polar surface area (TPSA) is 117 Å². The molecule has 2 aromatic carbocycles. The first-order chi connectivity index (χ1) is 18.8. The molecule has 1 aromatic heterocycles. The van der Waals surface area contributed by atoms with Crippen molar-refractivity contribution >= 4 is 40.0 Å². The summed E-state index contributed by atoms with van der Waals surface area (Å²) in [6.45, 7) is 3.73. The van der Waals surface area contributed by atoms with Gasteiger partial charge in [0.15, 0.2) is 5.78 Å². The van der Waals surface area contributed by atoms with Gasteiger partial charge in [0, 0.05) is 43.9 Å².